The van der Waals surface area contributed by atoms with Crippen molar-refractivity contribution >= 4 is 17.0 Å². The Kier molecular flexibility index (Phi) is 6.62. The molecule has 0 radical (unpaired) electrons. The predicted molar refractivity (Wildman–Crippen MR) is 125 cm³/mol. The first kappa shape index (κ1) is 20.7. The van der Waals surface area contributed by atoms with Crippen LogP contribution in [0.15, 0.2) is 72.0 Å². The van der Waals surface area contributed by atoms with Crippen LogP contribution in [-0.4, -0.2) is 38.4 Å². The third-order valence-corrected chi connectivity index (χ3v) is 5.17. The van der Waals surface area contributed by atoms with Crippen LogP contribution in [-0.2, 0) is 13.1 Å². The molecule has 0 atom stereocenters. The van der Waals surface area contributed by atoms with Gasteiger partial charge in [0.05, 0.1) is 23.3 Å². The van der Waals surface area contributed by atoms with Gasteiger partial charge >= 0.3 is 0 Å². The summed E-state index contributed by atoms with van der Waals surface area (Å²) in [5.74, 6) is 1.89. The number of rotatable bonds is 8. The highest BCUT2D eigenvalue weighted by Crippen LogP contribution is 2.15. The first-order valence-corrected chi connectivity index (χ1v) is 10.8. The van der Waals surface area contributed by atoms with Crippen molar-refractivity contribution in [3.05, 3.63) is 78.4 Å². The summed E-state index contributed by atoms with van der Waals surface area (Å²) in [4.78, 5) is 9.37. The van der Waals surface area contributed by atoms with Gasteiger partial charge in [-0.2, -0.15) is 5.10 Å². The van der Waals surface area contributed by atoms with E-state index in [1.807, 2.05) is 23.0 Å². The van der Waals surface area contributed by atoms with E-state index in [-0.39, 0.29) is 0 Å². The molecule has 2 N–H and O–H groups in total. The molecule has 2 heterocycles. The molecule has 0 spiro atoms. The maximum atomic E-state index is 4.73. The Morgan fingerprint density at radius 3 is 2.65 bits per heavy atom. The zero-order valence-electron chi connectivity index (χ0n) is 18.1. The Hall–Kier alpha value is -3.61. The summed E-state index contributed by atoms with van der Waals surface area (Å²) in [7, 11) is 0. The first-order valence-electron chi connectivity index (χ1n) is 10.8. The molecule has 31 heavy (non-hydrogen) atoms. The monoisotopic (exact) mass is 415 g/mol. The fourth-order valence-corrected chi connectivity index (χ4v) is 3.61. The molecule has 4 aromatic rings. The second-order valence-electron chi connectivity index (χ2n) is 7.39. The molecule has 0 saturated heterocycles. The average molecular weight is 416 g/mol. The molecule has 2 aromatic carbocycles. The van der Waals surface area contributed by atoms with Crippen molar-refractivity contribution in [2.75, 3.05) is 13.1 Å². The van der Waals surface area contributed by atoms with Gasteiger partial charge in [0.25, 0.3) is 0 Å². The molecule has 0 unspecified atom stereocenters. The number of imidazole rings is 1. The Morgan fingerprint density at radius 1 is 1.03 bits per heavy atom. The maximum Gasteiger partial charge on any atom is 0.191 e. The number of aliphatic imine (C=N–C) groups is 1. The number of hydrogen-bond acceptors (Lipinski definition) is 3. The van der Waals surface area contributed by atoms with Gasteiger partial charge in [-0.1, -0.05) is 24.3 Å². The lowest BCUT2D eigenvalue weighted by Gasteiger charge is -2.12. The van der Waals surface area contributed by atoms with E-state index >= 15 is 0 Å². The second-order valence-corrected chi connectivity index (χ2v) is 7.39. The highest BCUT2D eigenvalue weighted by Gasteiger charge is 2.06. The van der Waals surface area contributed by atoms with Gasteiger partial charge in [-0.25, -0.2) is 14.7 Å². The van der Waals surface area contributed by atoms with Crippen LogP contribution in [0.5, 0.6) is 0 Å². The molecule has 2 aromatic heterocycles. The average Bonchev–Trinajstić information content (AvgIpc) is 3.43. The number of guanidine groups is 1. The molecule has 160 valence electrons. The lowest BCUT2D eigenvalue weighted by Crippen LogP contribution is -2.38. The van der Waals surface area contributed by atoms with Crippen LogP contribution in [0.2, 0.25) is 0 Å². The second kappa shape index (κ2) is 9.93. The van der Waals surface area contributed by atoms with E-state index in [1.54, 1.807) is 6.20 Å². The SMILES string of the molecule is CCNC(=NCc1ccc(-n2cccn2)cc1)NCCCn1c(C)nc2ccccc21. The van der Waals surface area contributed by atoms with Crippen LogP contribution in [0.3, 0.4) is 0 Å². The lowest BCUT2D eigenvalue weighted by atomic mass is 10.2. The lowest BCUT2D eigenvalue weighted by molar-refractivity contribution is 0.624. The standard InChI is InChI=1S/C24H29N7/c1-3-25-24(27-18-20-10-12-21(13-11-20)31-17-7-15-28-31)26-14-6-16-30-19(2)29-22-8-4-5-9-23(22)30/h4-5,7-13,15,17H,3,6,14,16,18H2,1-2H3,(H2,25,26,27). The fraction of sp³-hybridized carbons (Fsp3) is 0.292. The molecule has 0 saturated carbocycles. The molecule has 7 nitrogen and oxygen atoms in total. The van der Waals surface area contributed by atoms with E-state index in [2.05, 4.69) is 81.6 Å². The largest absolute Gasteiger partial charge is 0.357 e. The number of aryl methyl sites for hydroxylation is 2. The van der Waals surface area contributed by atoms with Crippen LogP contribution in [0.1, 0.15) is 24.7 Å². The normalized spacial score (nSPS) is 11.7. The summed E-state index contributed by atoms with van der Waals surface area (Å²) in [6.45, 7) is 7.37. The van der Waals surface area contributed by atoms with Gasteiger partial charge in [0.15, 0.2) is 5.96 Å². The van der Waals surface area contributed by atoms with Crippen molar-refractivity contribution < 1.29 is 0 Å². The molecule has 0 aliphatic heterocycles. The van der Waals surface area contributed by atoms with E-state index in [4.69, 9.17) is 4.99 Å². The van der Waals surface area contributed by atoms with E-state index in [9.17, 15) is 0 Å². The van der Waals surface area contributed by atoms with E-state index in [1.165, 1.54) is 5.52 Å². The van der Waals surface area contributed by atoms with Crippen molar-refractivity contribution in [2.24, 2.45) is 4.99 Å². The number of nitrogens with one attached hydrogen (secondary N) is 2. The van der Waals surface area contributed by atoms with Crippen molar-refractivity contribution in [3.63, 3.8) is 0 Å². The van der Waals surface area contributed by atoms with Crippen LogP contribution in [0.25, 0.3) is 16.7 Å². The van der Waals surface area contributed by atoms with Crippen molar-refractivity contribution in [1.29, 1.82) is 0 Å². The van der Waals surface area contributed by atoms with Gasteiger partial charge in [-0.05, 0) is 56.2 Å². The zero-order valence-corrected chi connectivity index (χ0v) is 18.1. The van der Waals surface area contributed by atoms with Crippen LogP contribution in [0.4, 0.5) is 0 Å². The highest BCUT2D eigenvalue weighted by atomic mass is 15.3. The minimum Gasteiger partial charge on any atom is -0.357 e. The van der Waals surface area contributed by atoms with Crippen LogP contribution in [0, 0.1) is 6.92 Å². The summed E-state index contributed by atoms with van der Waals surface area (Å²) in [6.07, 6.45) is 4.71. The molecule has 0 aliphatic carbocycles. The molecule has 0 fully saturated rings. The summed E-state index contributed by atoms with van der Waals surface area (Å²) >= 11 is 0. The van der Waals surface area contributed by atoms with Gasteiger partial charge in [-0.3, -0.25) is 0 Å². The van der Waals surface area contributed by atoms with Crippen LogP contribution < -0.4 is 10.6 Å². The summed E-state index contributed by atoms with van der Waals surface area (Å²) < 4.78 is 4.13. The van der Waals surface area contributed by atoms with E-state index < -0.39 is 0 Å². The van der Waals surface area contributed by atoms with Gasteiger partial charge in [0.1, 0.15) is 5.82 Å². The minimum absolute atomic E-state index is 0.625. The van der Waals surface area contributed by atoms with Gasteiger partial charge in [0.2, 0.25) is 0 Å². The Balaban J connectivity index is 1.31. The van der Waals surface area contributed by atoms with Crippen LogP contribution >= 0.6 is 0 Å². The molecule has 0 aliphatic rings. The molecule has 7 heteroatoms. The number of para-hydroxylation sites is 2. The van der Waals surface area contributed by atoms with Crippen molar-refractivity contribution in [3.8, 4) is 5.69 Å². The molecule has 4 rings (SSSR count). The van der Waals surface area contributed by atoms with E-state index in [0.29, 0.717) is 6.54 Å². The number of benzene rings is 2. The molecule has 0 bridgehead atoms. The Morgan fingerprint density at radius 2 is 1.87 bits per heavy atom. The Labute approximate surface area is 182 Å². The summed E-state index contributed by atoms with van der Waals surface area (Å²) in [5.41, 5.74) is 4.46. The van der Waals surface area contributed by atoms with E-state index in [0.717, 1.165) is 54.6 Å². The molecular weight excluding hydrogens is 386 g/mol. The maximum absolute atomic E-state index is 4.73. The third-order valence-electron chi connectivity index (χ3n) is 5.17. The first-order chi connectivity index (χ1) is 15.2. The van der Waals surface area contributed by atoms with Gasteiger partial charge in [0, 0.05) is 32.0 Å². The quantitative estimate of drug-likeness (QED) is 0.262. The number of aromatic nitrogens is 4. The summed E-state index contributed by atoms with van der Waals surface area (Å²) in [5, 5.41) is 11.0. The van der Waals surface area contributed by atoms with Gasteiger partial charge in [-0.15, -0.1) is 0 Å². The topological polar surface area (TPSA) is 72.1 Å². The van der Waals surface area contributed by atoms with Crippen molar-refractivity contribution in [1.82, 2.24) is 30.0 Å². The number of hydrogen-bond donors (Lipinski definition) is 2. The highest BCUT2D eigenvalue weighted by molar-refractivity contribution is 5.79. The number of nitrogens with zero attached hydrogens (tertiary/aromatic N) is 5. The van der Waals surface area contributed by atoms with Gasteiger partial charge < -0.3 is 15.2 Å². The molecular formula is C24H29N7. The number of fused-ring (bicyclic) bond motifs is 1. The third kappa shape index (κ3) is 5.12. The predicted octanol–water partition coefficient (Wildman–Crippen LogP) is 3.68. The smallest absolute Gasteiger partial charge is 0.191 e. The molecule has 0 amide bonds. The Bertz CT molecular complexity index is 1120. The fourth-order valence-electron chi connectivity index (χ4n) is 3.61. The summed E-state index contributed by atoms with van der Waals surface area (Å²) in [6, 6.07) is 18.5. The minimum atomic E-state index is 0.625. The van der Waals surface area contributed by atoms with Crippen molar-refractivity contribution in [2.45, 2.75) is 33.4 Å². The zero-order chi connectivity index (χ0) is 21.5.